The number of pyridine rings is 1. The van der Waals surface area contributed by atoms with Gasteiger partial charge in [0.15, 0.2) is 5.82 Å². The summed E-state index contributed by atoms with van der Waals surface area (Å²) in [6.07, 6.45) is 3.01. The van der Waals surface area contributed by atoms with Gasteiger partial charge in [-0.3, -0.25) is 9.12 Å². The second-order valence-corrected chi connectivity index (χ2v) is 6.50. The molecule has 0 aliphatic carbocycles. The number of nitrogens with one attached hydrogen (secondary N) is 2. The van der Waals surface area contributed by atoms with E-state index in [2.05, 4.69) is 24.6 Å². The summed E-state index contributed by atoms with van der Waals surface area (Å²) in [7, 11) is -3.80. The monoisotopic (exact) mass is 324 g/mol. The Morgan fingerprint density at radius 2 is 2.24 bits per heavy atom. The number of imidazole rings is 1. The van der Waals surface area contributed by atoms with E-state index in [1.807, 2.05) is 6.92 Å². The molecule has 0 unspecified atom stereocenters. The Labute approximate surface area is 125 Å². The molecule has 0 aliphatic heterocycles. The molecule has 0 amide bonds. The lowest BCUT2D eigenvalue weighted by Gasteiger charge is -2.07. The van der Waals surface area contributed by atoms with Crippen LogP contribution in [0.4, 0.5) is 10.8 Å². The van der Waals surface area contributed by atoms with Crippen LogP contribution in [-0.4, -0.2) is 33.9 Å². The minimum Gasteiger partial charge on any atom is -0.368 e. The van der Waals surface area contributed by atoms with Crippen molar-refractivity contribution in [3.8, 4) is 0 Å². The van der Waals surface area contributed by atoms with Crippen LogP contribution in [0.2, 0.25) is 0 Å². The number of rotatable bonds is 5. The molecule has 0 radical (unpaired) electrons. The van der Waals surface area contributed by atoms with Gasteiger partial charge in [-0.05, 0) is 19.1 Å². The minimum absolute atomic E-state index is 0.0633. The first-order chi connectivity index (χ1) is 10.1. The van der Waals surface area contributed by atoms with Crippen LogP contribution >= 0.6 is 11.5 Å². The summed E-state index contributed by atoms with van der Waals surface area (Å²) < 4.78 is 32.8. The number of fused-ring (bicyclic) bond motifs is 1. The molecule has 3 heterocycles. The lowest BCUT2D eigenvalue weighted by atomic mass is 10.5. The zero-order chi connectivity index (χ0) is 14.9. The molecule has 21 heavy (non-hydrogen) atoms. The zero-order valence-electron chi connectivity index (χ0n) is 11.0. The normalized spacial score (nSPS) is 11.7. The molecular formula is C11H12N6O2S2. The first-order valence-corrected chi connectivity index (χ1v) is 8.38. The average molecular weight is 324 g/mol. The van der Waals surface area contributed by atoms with E-state index in [1.54, 1.807) is 24.4 Å². The van der Waals surface area contributed by atoms with Crippen molar-refractivity contribution >= 4 is 38.0 Å². The summed E-state index contributed by atoms with van der Waals surface area (Å²) >= 11 is 0.970. The molecule has 0 fully saturated rings. The van der Waals surface area contributed by atoms with Crippen molar-refractivity contribution in [3.63, 3.8) is 0 Å². The maximum atomic E-state index is 12.6. The second kappa shape index (κ2) is 5.30. The Kier molecular flexibility index (Phi) is 3.47. The number of anilines is 2. The Morgan fingerprint density at radius 1 is 1.38 bits per heavy atom. The van der Waals surface area contributed by atoms with Gasteiger partial charge in [0.25, 0.3) is 10.0 Å². The molecule has 3 aromatic heterocycles. The molecule has 8 nitrogen and oxygen atoms in total. The van der Waals surface area contributed by atoms with Crippen molar-refractivity contribution in [2.45, 2.75) is 11.9 Å². The van der Waals surface area contributed by atoms with Gasteiger partial charge in [0.2, 0.25) is 5.03 Å². The highest BCUT2D eigenvalue weighted by Crippen LogP contribution is 2.25. The van der Waals surface area contributed by atoms with Crippen LogP contribution in [-0.2, 0) is 10.0 Å². The van der Waals surface area contributed by atoms with Crippen LogP contribution in [0, 0.1) is 0 Å². The number of sulfonamides is 1. The first-order valence-electron chi connectivity index (χ1n) is 6.13. The zero-order valence-corrected chi connectivity index (χ0v) is 12.6. The average Bonchev–Trinajstić information content (AvgIpc) is 3.05. The summed E-state index contributed by atoms with van der Waals surface area (Å²) in [5.74, 6) is 0.314. The third-order valence-electron chi connectivity index (χ3n) is 2.68. The molecule has 0 saturated heterocycles. The highest BCUT2D eigenvalue weighted by molar-refractivity contribution is 7.93. The Balaban J connectivity index is 2.15. The van der Waals surface area contributed by atoms with Crippen LogP contribution in [0.3, 0.4) is 0 Å². The fourth-order valence-corrected chi connectivity index (χ4v) is 3.86. The third-order valence-corrected chi connectivity index (χ3v) is 4.78. The Bertz CT molecular complexity index is 856. The maximum Gasteiger partial charge on any atom is 0.282 e. The van der Waals surface area contributed by atoms with Crippen molar-refractivity contribution in [2.75, 3.05) is 16.6 Å². The molecule has 3 aromatic rings. The highest BCUT2D eigenvalue weighted by atomic mass is 32.2. The summed E-state index contributed by atoms with van der Waals surface area (Å²) in [6, 6.07) is 5.29. The molecule has 0 aliphatic rings. The molecule has 3 rings (SSSR count). The predicted octanol–water partition coefficient (Wildman–Crippen LogP) is 1.42. The van der Waals surface area contributed by atoms with Crippen molar-refractivity contribution < 1.29 is 8.42 Å². The van der Waals surface area contributed by atoms with E-state index in [4.69, 9.17) is 0 Å². The molecule has 0 spiro atoms. The van der Waals surface area contributed by atoms with Gasteiger partial charge < -0.3 is 5.32 Å². The number of aromatic nitrogens is 4. The van der Waals surface area contributed by atoms with Crippen molar-refractivity contribution in [3.05, 3.63) is 30.6 Å². The lowest BCUT2D eigenvalue weighted by Crippen LogP contribution is -2.16. The van der Waals surface area contributed by atoms with Gasteiger partial charge in [-0.2, -0.15) is 8.42 Å². The molecule has 10 heteroatoms. The molecular weight excluding hydrogens is 312 g/mol. The fourth-order valence-electron chi connectivity index (χ4n) is 1.91. The van der Waals surface area contributed by atoms with E-state index in [1.165, 1.54) is 10.6 Å². The molecule has 0 bridgehead atoms. The SMILES string of the molecule is CCNc1nc2ccccn2c1S(=O)(=O)Nc1cnns1. The van der Waals surface area contributed by atoms with E-state index in [-0.39, 0.29) is 5.03 Å². The van der Waals surface area contributed by atoms with E-state index in [0.29, 0.717) is 23.0 Å². The number of hydrogen-bond donors (Lipinski definition) is 2. The highest BCUT2D eigenvalue weighted by Gasteiger charge is 2.25. The Hall–Kier alpha value is -2.20. The quantitative estimate of drug-likeness (QED) is 0.736. The maximum absolute atomic E-state index is 12.6. The van der Waals surface area contributed by atoms with Crippen molar-refractivity contribution in [1.82, 2.24) is 19.0 Å². The van der Waals surface area contributed by atoms with Crippen LogP contribution in [0.25, 0.3) is 5.65 Å². The van der Waals surface area contributed by atoms with Gasteiger partial charge in [0.05, 0.1) is 6.20 Å². The molecule has 0 atom stereocenters. The topological polar surface area (TPSA) is 101 Å². The second-order valence-electron chi connectivity index (χ2n) is 4.11. The summed E-state index contributed by atoms with van der Waals surface area (Å²) in [4.78, 5) is 4.30. The summed E-state index contributed by atoms with van der Waals surface area (Å²) in [6.45, 7) is 2.44. The van der Waals surface area contributed by atoms with Crippen molar-refractivity contribution in [2.24, 2.45) is 0 Å². The van der Waals surface area contributed by atoms with Gasteiger partial charge in [-0.15, -0.1) is 5.10 Å². The smallest absolute Gasteiger partial charge is 0.282 e. The molecule has 0 aromatic carbocycles. The number of hydrogen-bond acceptors (Lipinski definition) is 7. The largest absolute Gasteiger partial charge is 0.368 e. The molecule has 0 saturated carbocycles. The molecule has 2 N–H and O–H groups in total. The lowest BCUT2D eigenvalue weighted by molar-refractivity contribution is 0.597. The first kappa shape index (κ1) is 13.8. The minimum atomic E-state index is -3.80. The van der Waals surface area contributed by atoms with Gasteiger partial charge >= 0.3 is 0 Å². The molecule has 110 valence electrons. The Morgan fingerprint density at radius 3 is 2.95 bits per heavy atom. The van der Waals surface area contributed by atoms with Crippen LogP contribution < -0.4 is 10.0 Å². The van der Waals surface area contributed by atoms with Crippen LogP contribution in [0.15, 0.2) is 35.6 Å². The van der Waals surface area contributed by atoms with Crippen molar-refractivity contribution in [1.29, 1.82) is 0 Å². The van der Waals surface area contributed by atoms with Crippen LogP contribution in [0.5, 0.6) is 0 Å². The van der Waals surface area contributed by atoms with Gasteiger partial charge in [0, 0.05) is 24.3 Å². The summed E-state index contributed by atoms with van der Waals surface area (Å²) in [5, 5.41) is 7.00. The van der Waals surface area contributed by atoms with E-state index >= 15 is 0 Å². The van der Waals surface area contributed by atoms with E-state index in [0.717, 1.165) is 11.5 Å². The van der Waals surface area contributed by atoms with Gasteiger partial charge in [0.1, 0.15) is 10.6 Å². The predicted molar refractivity (Wildman–Crippen MR) is 80.1 cm³/mol. The van der Waals surface area contributed by atoms with E-state index < -0.39 is 10.0 Å². The standard InChI is InChI=1S/C11H12N6O2S2/c1-2-12-10-11(17-6-4-3-5-8(17)14-10)21(18,19)15-9-7-13-16-20-9/h3-7,12,15H,2H2,1H3. The van der Waals surface area contributed by atoms with Gasteiger partial charge in [-0.1, -0.05) is 10.6 Å². The van der Waals surface area contributed by atoms with Gasteiger partial charge in [-0.25, -0.2) is 4.98 Å². The summed E-state index contributed by atoms with van der Waals surface area (Å²) in [5.41, 5.74) is 0.552. The van der Waals surface area contributed by atoms with Crippen LogP contribution in [0.1, 0.15) is 6.92 Å². The number of nitrogens with zero attached hydrogens (tertiary/aromatic N) is 4. The third kappa shape index (κ3) is 2.54. The fraction of sp³-hybridized carbons (Fsp3) is 0.182. The van der Waals surface area contributed by atoms with E-state index in [9.17, 15) is 8.42 Å².